The van der Waals surface area contributed by atoms with Gasteiger partial charge in [0.15, 0.2) is 0 Å². The molecular formula is C15H16FNO3. The summed E-state index contributed by atoms with van der Waals surface area (Å²) in [4.78, 5) is 0. The molecule has 2 rings (SSSR count). The summed E-state index contributed by atoms with van der Waals surface area (Å²) in [7, 11) is 3.12. The second kappa shape index (κ2) is 6.14. The van der Waals surface area contributed by atoms with Gasteiger partial charge in [-0.3, -0.25) is 0 Å². The maximum Gasteiger partial charge on any atom is 0.127 e. The predicted octanol–water partition coefficient (Wildman–Crippen LogP) is 3.00. The first-order chi connectivity index (χ1) is 9.62. The smallest absolute Gasteiger partial charge is 0.127 e. The summed E-state index contributed by atoms with van der Waals surface area (Å²) in [5.41, 5.74) is 6.85. The average molecular weight is 277 g/mol. The number of nitrogens with two attached hydrogens (primary N) is 1. The van der Waals surface area contributed by atoms with Crippen LogP contribution in [0.2, 0.25) is 0 Å². The van der Waals surface area contributed by atoms with Crippen molar-refractivity contribution in [1.82, 2.24) is 0 Å². The molecule has 0 aliphatic heterocycles. The van der Waals surface area contributed by atoms with Crippen molar-refractivity contribution in [1.29, 1.82) is 0 Å². The van der Waals surface area contributed by atoms with Gasteiger partial charge >= 0.3 is 0 Å². The third-order valence-electron chi connectivity index (χ3n) is 2.82. The highest BCUT2D eigenvalue weighted by molar-refractivity contribution is 5.47. The minimum atomic E-state index is -0.346. The molecule has 2 N–H and O–H groups in total. The zero-order valence-electron chi connectivity index (χ0n) is 11.4. The molecular weight excluding hydrogens is 261 g/mol. The van der Waals surface area contributed by atoms with Crippen molar-refractivity contribution in [2.24, 2.45) is 0 Å². The first-order valence-electron chi connectivity index (χ1n) is 6.02. The summed E-state index contributed by atoms with van der Waals surface area (Å²) in [6.45, 7) is 0.167. The topological polar surface area (TPSA) is 53.7 Å². The molecule has 0 aliphatic carbocycles. The Morgan fingerprint density at radius 2 is 1.55 bits per heavy atom. The van der Waals surface area contributed by atoms with Crippen LogP contribution >= 0.6 is 0 Å². The Morgan fingerprint density at radius 3 is 2.15 bits per heavy atom. The molecule has 0 radical (unpaired) electrons. The Bertz CT molecular complexity index is 579. The van der Waals surface area contributed by atoms with Gasteiger partial charge in [-0.2, -0.15) is 0 Å². The number of ether oxygens (including phenoxy) is 3. The van der Waals surface area contributed by atoms with Crippen LogP contribution in [0.15, 0.2) is 36.4 Å². The third kappa shape index (κ3) is 3.32. The summed E-state index contributed by atoms with van der Waals surface area (Å²) >= 11 is 0. The van der Waals surface area contributed by atoms with Gasteiger partial charge in [-0.15, -0.1) is 0 Å². The zero-order valence-corrected chi connectivity index (χ0v) is 11.4. The van der Waals surface area contributed by atoms with Crippen molar-refractivity contribution in [3.05, 3.63) is 47.8 Å². The molecule has 2 aromatic carbocycles. The lowest BCUT2D eigenvalue weighted by atomic mass is 10.2. The lowest BCUT2D eigenvalue weighted by Gasteiger charge is -2.11. The van der Waals surface area contributed by atoms with Gasteiger partial charge in [0.05, 0.1) is 14.2 Å². The normalized spacial score (nSPS) is 10.2. The maximum atomic E-state index is 13.2. The summed E-state index contributed by atoms with van der Waals surface area (Å²) in [5.74, 6) is 1.45. The van der Waals surface area contributed by atoms with E-state index in [0.717, 1.165) is 0 Å². The van der Waals surface area contributed by atoms with Crippen LogP contribution in [0, 0.1) is 5.82 Å². The number of hydrogen-bond acceptors (Lipinski definition) is 4. The predicted molar refractivity (Wildman–Crippen MR) is 74.7 cm³/mol. The minimum absolute atomic E-state index is 0.167. The van der Waals surface area contributed by atoms with E-state index in [-0.39, 0.29) is 12.4 Å². The number of rotatable bonds is 5. The molecule has 106 valence electrons. The first-order valence-corrected chi connectivity index (χ1v) is 6.02. The molecule has 0 saturated carbocycles. The van der Waals surface area contributed by atoms with Gasteiger partial charge in [0, 0.05) is 29.4 Å². The standard InChI is InChI=1S/C15H16FNO3/c1-18-12-6-13(19-2)8-14(7-12)20-9-10-5-11(16)3-4-15(10)17/h3-8H,9,17H2,1-2H3. The number of methoxy groups -OCH3 is 2. The summed E-state index contributed by atoms with van der Waals surface area (Å²) < 4.78 is 29.1. The van der Waals surface area contributed by atoms with Gasteiger partial charge in [-0.25, -0.2) is 4.39 Å². The molecule has 2 aromatic rings. The Balaban J connectivity index is 2.16. The molecule has 0 bridgehead atoms. The highest BCUT2D eigenvalue weighted by atomic mass is 19.1. The molecule has 0 spiro atoms. The lowest BCUT2D eigenvalue weighted by molar-refractivity contribution is 0.300. The van der Waals surface area contributed by atoms with E-state index in [1.165, 1.54) is 18.2 Å². The molecule has 0 atom stereocenters. The zero-order chi connectivity index (χ0) is 14.5. The van der Waals surface area contributed by atoms with E-state index in [1.807, 2.05) is 0 Å². The van der Waals surface area contributed by atoms with Crippen molar-refractivity contribution in [2.45, 2.75) is 6.61 Å². The van der Waals surface area contributed by atoms with Crippen LogP contribution in [0.3, 0.4) is 0 Å². The monoisotopic (exact) mass is 277 g/mol. The molecule has 20 heavy (non-hydrogen) atoms. The lowest BCUT2D eigenvalue weighted by Crippen LogP contribution is -2.01. The van der Waals surface area contributed by atoms with Crippen molar-refractivity contribution in [2.75, 3.05) is 20.0 Å². The van der Waals surface area contributed by atoms with E-state index in [1.54, 1.807) is 32.4 Å². The fraction of sp³-hybridized carbons (Fsp3) is 0.200. The van der Waals surface area contributed by atoms with Crippen LogP contribution in [0.5, 0.6) is 17.2 Å². The van der Waals surface area contributed by atoms with E-state index in [0.29, 0.717) is 28.5 Å². The maximum absolute atomic E-state index is 13.2. The summed E-state index contributed by atoms with van der Waals surface area (Å²) in [5, 5.41) is 0. The number of benzene rings is 2. The second-order valence-electron chi connectivity index (χ2n) is 4.18. The SMILES string of the molecule is COc1cc(OC)cc(OCc2cc(F)ccc2N)c1. The number of halogens is 1. The molecule has 5 heteroatoms. The molecule has 0 aliphatic rings. The Kier molecular flexibility index (Phi) is 4.30. The molecule has 0 aromatic heterocycles. The molecule has 4 nitrogen and oxygen atoms in total. The van der Waals surface area contributed by atoms with Gasteiger partial charge in [0.2, 0.25) is 0 Å². The number of anilines is 1. The van der Waals surface area contributed by atoms with Gasteiger partial charge < -0.3 is 19.9 Å². The van der Waals surface area contributed by atoms with Crippen LogP contribution in [0.1, 0.15) is 5.56 Å². The third-order valence-corrected chi connectivity index (χ3v) is 2.82. The van der Waals surface area contributed by atoms with Crippen LogP contribution in [-0.4, -0.2) is 14.2 Å². The minimum Gasteiger partial charge on any atom is -0.496 e. The van der Waals surface area contributed by atoms with Gasteiger partial charge in [0.25, 0.3) is 0 Å². The van der Waals surface area contributed by atoms with E-state index in [2.05, 4.69) is 0 Å². The van der Waals surface area contributed by atoms with E-state index in [4.69, 9.17) is 19.9 Å². The highest BCUT2D eigenvalue weighted by Crippen LogP contribution is 2.28. The second-order valence-corrected chi connectivity index (χ2v) is 4.18. The quantitative estimate of drug-likeness (QED) is 0.854. The Labute approximate surface area is 116 Å². The van der Waals surface area contributed by atoms with Crippen molar-refractivity contribution >= 4 is 5.69 Å². The summed E-state index contributed by atoms with van der Waals surface area (Å²) in [6, 6.07) is 9.36. The number of nitrogen functional groups attached to an aromatic ring is 1. The van der Waals surface area contributed by atoms with E-state index in [9.17, 15) is 4.39 Å². The molecule has 0 fully saturated rings. The largest absolute Gasteiger partial charge is 0.496 e. The van der Waals surface area contributed by atoms with Crippen molar-refractivity contribution < 1.29 is 18.6 Å². The van der Waals surface area contributed by atoms with Crippen molar-refractivity contribution in [3.63, 3.8) is 0 Å². The molecule has 0 saturated heterocycles. The molecule has 0 unspecified atom stereocenters. The molecule has 0 amide bonds. The van der Waals surface area contributed by atoms with Crippen LogP contribution < -0.4 is 19.9 Å². The van der Waals surface area contributed by atoms with E-state index < -0.39 is 0 Å². The first kappa shape index (κ1) is 14.0. The fourth-order valence-corrected chi connectivity index (χ4v) is 1.73. The van der Waals surface area contributed by atoms with Crippen molar-refractivity contribution in [3.8, 4) is 17.2 Å². The van der Waals surface area contributed by atoms with Crippen LogP contribution in [0.25, 0.3) is 0 Å². The average Bonchev–Trinajstić information content (AvgIpc) is 2.47. The van der Waals surface area contributed by atoms with Gasteiger partial charge in [-0.1, -0.05) is 0 Å². The van der Waals surface area contributed by atoms with Gasteiger partial charge in [0.1, 0.15) is 29.7 Å². The molecule has 0 heterocycles. The Hall–Kier alpha value is -2.43. The Morgan fingerprint density at radius 1 is 0.950 bits per heavy atom. The van der Waals surface area contributed by atoms with E-state index >= 15 is 0 Å². The van der Waals surface area contributed by atoms with Crippen LogP contribution in [-0.2, 0) is 6.61 Å². The number of hydrogen-bond donors (Lipinski definition) is 1. The highest BCUT2D eigenvalue weighted by Gasteiger charge is 2.06. The fourth-order valence-electron chi connectivity index (χ4n) is 1.73. The van der Waals surface area contributed by atoms with Gasteiger partial charge in [-0.05, 0) is 18.2 Å². The summed E-state index contributed by atoms with van der Waals surface area (Å²) in [6.07, 6.45) is 0. The van der Waals surface area contributed by atoms with Crippen LogP contribution in [0.4, 0.5) is 10.1 Å².